The summed E-state index contributed by atoms with van der Waals surface area (Å²) in [5.41, 5.74) is 2.42. The van der Waals surface area contributed by atoms with Crippen molar-refractivity contribution in [2.75, 3.05) is 17.7 Å². The van der Waals surface area contributed by atoms with Crippen LogP contribution in [0.5, 0.6) is 0 Å². The summed E-state index contributed by atoms with van der Waals surface area (Å²) < 4.78 is 0. The number of benzene rings is 1. The summed E-state index contributed by atoms with van der Waals surface area (Å²) in [4.78, 5) is 23.1. The largest absolute Gasteiger partial charge is 0.324 e. The lowest BCUT2D eigenvalue weighted by atomic mass is 9.82. The van der Waals surface area contributed by atoms with Crippen molar-refractivity contribution in [3.63, 3.8) is 0 Å². The van der Waals surface area contributed by atoms with Crippen molar-refractivity contribution in [1.29, 1.82) is 0 Å². The molecule has 5 heteroatoms. The zero-order valence-corrected chi connectivity index (χ0v) is 12.3. The molecule has 0 aliphatic carbocycles. The smallest absolute Gasteiger partial charge is 0.233 e. The van der Waals surface area contributed by atoms with E-state index in [0.29, 0.717) is 11.4 Å². The van der Waals surface area contributed by atoms with Crippen LogP contribution < -0.4 is 16.0 Å². The van der Waals surface area contributed by atoms with Gasteiger partial charge in [-0.25, -0.2) is 0 Å². The second-order valence-corrected chi connectivity index (χ2v) is 6.17. The fourth-order valence-corrected chi connectivity index (χ4v) is 2.59. The third-order valence-electron chi connectivity index (χ3n) is 3.40. The van der Waals surface area contributed by atoms with Crippen LogP contribution in [0.4, 0.5) is 11.4 Å². The van der Waals surface area contributed by atoms with E-state index in [2.05, 4.69) is 36.7 Å². The van der Waals surface area contributed by atoms with Gasteiger partial charge in [0.15, 0.2) is 0 Å². The topological polar surface area (TPSA) is 70.2 Å². The molecule has 1 aromatic carbocycles. The third-order valence-corrected chi connectivity index (χ3v) is 3.40. The van der Waals surface area contributed by atoms with Gasteiger partial charge >= 0.3 is 0 Å². The first-order valence-electron chi connectivity index (χ1n) is 6.72. The van der Waals surface area contributed by atoms with Crippen LogP contribution in [-0.4, -0.2) is 18.9 Å². The van der Waals surface area contributed by atoms with Gasteiger partial charge < -0.3 is 16.0 Å². The number of nitrogens with one attached hydrogen (secondary N) is 3. The molecule has 0 spiro atoms. The van der Waals surface area contributed by atoms with E-state index >= 15 is 0 Å². The SMILES string of the molecule is CNC(c1ccc2c(c1)NC(=O)CC(=O)N2)C(C)(C)C. The van der Waals surface area contributed by atoms with Gasteiger partial charge in [0.2, 0.25) is 11.8 Å². The number of fused-ring (bicyclic) bond motifs is 1. The van der Waals surface area contributed by atoms with E-state index in [1.165, 1.54) is 0 Å². The second-order valence-electron chi connectivity index (χ2n) is 6.17. The molecule has 20 heavy (non-hydrogen) atoms. The first kappa shape index (κ1) is 14.5. The van der Waals surface area contributed by atoms with Crippen LogP contribution in [0.15, 0.2) is 18.2 Å². The molecule has 2 amide bonds. The first-order chi connectivity index (χ1) is 9.31. The molecule has 3 N–H and O–H groups in total. The maximum Gasteiger partial charge on any atom is 0.233 e. The summed E-state index contributed by atoms with van der Waals surface area (Å²) in [6.45, 7) is 6.46. The van der Waals surface area contributed by atoms with Crippen molar-refractivity contribution in [2.24, 2.45) is 5.41 Å². The minimum Gasteiger partial charge on any atom is -0.324 e. The lowest BCUT2D eigenvalue weighted by Crippen LogP contribution is -2.29. The van der Waals surface area contributed by atoms with Crippen LogP contribution >= 0.6 is 0 Å². The lowest BCUT2D eigenvalue weighted by molar-refractivity contribution is -0.123. The van der Waals surface area contributed by atoms with Crippen molar-refractivity contribution in [3.05, 3.63) is 23.8 Å². The fraction of sp³-hybridized carbons (Fsp3) is 0.467. The Balaban J connectivity index is 2.41. The minimum absolute atomic E-state index is 0.0426. The summed E-state index contributed by atoms with van der Waals surface area (Å²) in [7, 11) is 1.92. The van der Waals surface area contributed by atoms with E-state index in [4.69, 9.17) is 0 Å². The Kier molecular flexibility index (Phi) is 3.81. The van der Waals surface area contributed by atoms with Crippen LogP contribution in [0.1, 0.15) is 38.8 Å². The Bertz CT molecular complexity index is 547. The molecule has 0 bridgehead atoms. The number of hydrogen-bond acceptors (Lipinski definition) is 3. The van der Waals surface area contributed by atoms with Crippen molar-refractivity contribution in [1.82, 2.24) is 5.32 Å². The van der Waals surface area contributed by atoms with E-state index in [1.54, 1.807) is 0 Å². The number of anilines is 2. The van der Waals surface area contributed by atoms with E-state index in [1.807, 2.05) is 25.2 Å². The van der Waals surface area contributed by atoms with Gasteiger partial charge in [-0.15, -0.1) is 0 Å². The summed E-state index contributed by atoms with van der Waals surface area (Å²) in [6.07, 6.45) is -0.140. The quantitative estimate of drug-likeness (QED) is 0.725. The standard InChI is InChI=1S/C15H21N3O2/c1-15(2,3)14(16-4)9-5-6-10-11(7-9)18-13(20)8-12(19)17-10/h5-7,14,16H,8H2,1-4H3,(H,17,19)(H,18,20). The Hall–Kier alpha value is -1.88. The van der Waals surface area contributed by atoms with Gasteiger partial charge in [-0.3, -0.25) is 9.59 Å². The predicted octanol–water partition coefficient (Wildman–Crippen LogP) is 2.27. The van der Waals surface area contributed by atoms with Crippen molar-refractivity contribution < 1.29 is 9.59 Å². The zero-order valence-electron chi connectivity index (χ0n) is 12.3. The third kappa shape index (κ3) is 2.99. The zero-order chi connectivity index (χ0) is 14.9. The maximum absolute atomic E-state index is 11.6. The van der Waals surface area contributed by atoms with Gasteiger partial charge in [0.1, 0.15) is 6.42 Å². The summed E-state index contributed by atoms with van der Waals surface area (Å²) in [6, 6.07) is 5.89. The van der Waals surface area contributed by atoms with Gasteiger partial charge in [0.25, 0.3) is 0 Å². The summed E-state index contributed by atoms with van der Waals surface area (Å²) >= 11 is 0. The van der Waals surface area contributed by atoms with E-state index < -0.39 is 0 Å². The van der Waals surface area contributed by atoms with Crippen molar-refractivity contribution in [3.8, 4) is 0 Å². The number of amides is 2. The Morgan fingerprint density at radius 3 is 2.25 bits per heavy atom. The van der Waals surface area contributed by atoms with Gasteiger partial charge in [-0.05, 0) is 30.2 Å². The minimum atomic E-state index is -0.282. The van der Waals surface area contributed by atoms with Crippen molar-refractivity contribution in [2.45, 2.75) is 33.2 Å². The number of carbonyl (C=O) groups is 2. The number of carbonyl (C=O) groups excluding carboxylic acids is 2. The monoisotopic (exact) mass is 275 g/mol. The molecule has 2 rings (SSSR count). The molecular formula is C15H21N3O2. The Labute approximate surface area is 119 Å². The highest BCUT2D eigenvalue weighted by Crippen LogP contribution is 2.36. The van der Waals surface area contributed by atoms with Crippen LogP contribution in [-0.2, 0) is 9.59 Å². The van der Waals surface area contributed by atoms with Crippen LogP contribution in [0.25, 0.3) is 0 Å². The molecule has 108 valence electrons. The number of rotatable bonds is 2. The fourth-order valence-electron chi connectivity index (χ4n) is 2.59. The second kappa shape index (κ2) is 5.25. The van der Waals surface area contributed by atoms with Gasteiger partial charge in [-0.2, -0.15) is 0 Å². The van der Waals surface area contributed by atoms with E-state index in [9.17, 15) is 9.59 Å². The first-order valence-corrected chi connectivity index (χ1v) is 6.72. The molecule has 0 aromatic heterocycles. The van der Waals surface area contributed by atoms with Crippen LogP contribution in [0.2, 0.25) is 0 Å². The van der Waals surface area contributed by atoms with E-state index in [0.717, 1.165) is 5.56 Å². The Morgan fingerprint density at radius 1 is 1.10 bits per heavy atom. The van der Waals surface area contributed by atoms with Crippen LogP contribution in [0, 0.1) is 5.41 Å². The molecule has 0 fully saturated rings. The Morgan fingerprint density at radius 2 is 1.70 bits per heavy atom. The van der Waals surface area contributed by atoms with E-state index in [-0.39, 0.29) is 29.7 Å². The molecule has 5 nitrogen and oxygen atoms in total. The van der Waals surface area contributed by atoms with Gasteiger partial charge in [0, 0.05) is 6.04 Å². The summed E-state index contributed by atoms with van der Waals surface area (Å²) in [5.74, 6) is -0.565. The average Bonchev–Trinajstić information content (AvgIpc) is 2.44. The molecule has 1 unspecified atom stereocenters. The average molecular weight is 275 g/mol. The molecule has 1 aromatic rings. The maximum atomic E-state index is 11.6. The highest BCUT2D eigenvalue weighted by atomic mass is 16.2. The predicted molar refractivity (Wildman–Crippen MR) is 79.6 cm³/mol. The molecule has 1 atom stereocenters. The van der Waals surface area contributed by atoms with Crippen LogP contribution in [0.3, 0.4) is 0 Å². The number of hydrogen-bond donors (Lipinski definition) is 3. The summed E-state index contributed by atoms with van der Waals surface area (Å²) in [5, 5.41) is 8.81. The normalized spacial score (nSPS) is 16.8. The molecule has 1 aliphatic rings. The molecule has 0 saturated heterocycles. The molecule has 1 heterocycles. The highest BCUT2D eigenvalue weighted by molar-refractivity contribution is 6.13. The lowest BCUT2D eigenvalue weighted by Gasteiger charge is -2.31. The highest BCUT2D eigenvalue weighted by Gasteiger charge is 2.26. The van der Waals surface area contributed by atoms with Crippen molar-refractivity contribution >= 4 is 23.2 Å². The molecular weight excluding hydrogens is 254 g/mol. The van der Waals surface area contributed by atoms with Gasteiger partial charge in [-0.1, -0.05) is 26.8 Å². The van der Waals surface area contributed by atoms with Gasteiger partial charge in [0.05, 0.1) is 11.4 Å². The molecule has 0 radical (unpaired) electrons. The molecule has 1 aliphatic heterocycles. The molecule has 0 saturated carbocycles.